The van der Waals surface area contributed by atoms with Crippen LogP contribution in [0, 0.1) is 0 Å². The number of nitrogens with zero attached hydrogens (tertiary/aromatic N) is 3. The second kappa shape index (κ2) is 5.89. The minimum absolute atomic E-state index is 0.157. The van der Waals surface area contributed by atoms with Gasteiger partial charge in [0, 0.05) is 5.69 Å². The van der Waals surface area contributed by atoms with E-state index in [1.165, 1.54) is 5.56 Å². The molecule has 0 atom stereocenters. The quantitative estimate of drug-likeness (QED) is 0.632. The Morgan fingerprint density at radius 3 is 2.32 bits per heavy atom. The SMILES string of the molecule is CSc1nnc(-c2cccs2)n1-c1ccc(C(C)(C)C)cc1. The number of thioether (sulfide) groups is 1. The number of hydrogen-bond donors (Lipinski definition) is 0. The van der Waals surface area contributed by atoms with E-state index in [9.17, 15) is 0 Å². The molecule has 0 aliphatic heterocycles. The molecule has 2 aromatic heterocycles. The van der Waals surface area contributed by atoms with Crippen molar-refractivity contribution in [3.8, 4) is 16.4 Å². The van der Waals surface area contributed by atoms with Gasteiger partial charge in [0.2, 0.25) is 0 Å². The van der Waals surface area contributed by atoms with Gasteiger partial charge < -0.3 is 0 Å². The van der Waals surface area contributed by atoms with Gasteiger partial charge in [-0.15, -0.1) is 21.5 Å². The molecule has 1 aromatic carbocycles. The molecule has 0 aliphatic rings. The van der Waals surface area contributed by atoms with Crippen LogP contribution in [0.15, 0.2) is 46.9 Å². The molecule has 114 valence electrons. The van der Waals surface area contributed by atoms with Crippen molar-refractivity contribution in [1.82, 2.24) is 14.8 Å². The first kappa shape index (κ1) is 15.3. The lowest BCUT2D eigenvalue weighted by Gasteiger charge is -2.19. The van der Waals surface area contributed by atoms with Crippen molar-refractivity contribution in [3.05, 3.63) is 47.3 Å². The molecule has 3 nitrogen and oxygen atoms in total. The van der Waals surface area contributed by atoms with Crippen molar-refractivity contribution in [2.45, 2.75) is 31.3 Å². The number of aromatic nitrogens is 3. The average Bonchev–Trinajstić information content (AvgIpc) is 3.15. The second-order valence-electron chi connectivity index (χ2n) is 6.12. The van der Waals surface area contributed by atoms with Crippen molar-refractivity contribution in [1.29, 1.82) is 0 Å². The van der Waals surface area contributed by atoms with E-state index in [2.05, 4.69) is 71.2 Å². The molecule has 0 bridgehead atoms. The Bertz CT molecular complexity index is 750. The molecule has 0 amide bonds. The van der Waals surface area contributed by atoms with Crippen LogP contribution in [0.1, 0.15) is 26.3 Å². The van der Waals surface area contributed by atoms with Gasteiger partial charge in [-0.05, 0) is 40.8 Å². The first-order valence-corrected chi connectivity index (χ1v) is 9.25. The third-order valence-electron chi connectivity index (χ3n) is 3.55. The molecule has 3 rings (SSSR count). The smallest absolute Gasteiger partial charge is 0.195 e. The molecular formula is C17H19N3S2. The predicted molar refractivity (Wildman–Crippen MR) is 95.2 cm³/mol. The zero-order valence-electron chi connectivity index (χ0n) is 13.2. The maximum Gasteiger partial charge on any atom is 0.195 e. The summed E-state index contributed by atoms with van der Waals surface area (Å²) in [6.45, 7) is 6.68. The highest BCUT2D eigenvalue weighted by atomic mass is 32.2. The van der Waals surface area contributed by atoms with Crippen molar-refractivity contribution >= 4 is 23.1 Å². The fourth-order valence-corrected chi connectivity index (χ4v) is 3.51. The molecule has 0 spiro atoms. The molecule has 5 heteroatoms. The van der Waals surface area contributed by atoms with E-state index in [1.807, 2.05) is 12.3 Å². The normalized spacial score (nSPS) is 11.8. The fourth-order valence-electron chi connectivity index (χ4n) is 2.31. The first-order chi connectivity index (χ1) is 10.5. The number of hydrogen-bond acceptors (Lipinski definition) is 4. The summed E-state index contributed by atoms with van der Waals surface area (Å²) in [7, 11) is 0. The van der Waals surface area contributed by atoms with E-state index in [-0.39, 0.29) is 5.41 Å². The highest BCUT2D eigenvalue weighted by Crippen LogP contribution is 2.30. The zero-order valence-corrected chi connectivity index (χ0v) is 14.8. The number of rotatable bonds is 3. The van der Waals surface area contributed by atoms with Crippen molar-refractivity contribution in [3.63, 3.8) is 0 Å². The lowest BCUT2D eigenvalue weighted by Crippen LogP contribution is -2.11. The van der Waals surface area contributed by atoms with Gasteiger partial charge in [0.15, 0.2) is 11.0 Å². The molecule has 0 unspecified atom stereocenters. The summed E-state index contributed by atoms with van der Waals surface area (Å²) in [5.41, 5.74) is 2.59. The Labute approximate surface area is 139 Å². The molecule has 0 fully saturated rings. The van der Waals surface area contributed by atoms with Gasteiger partial charge in [0.05, 0.1) is 4.88 Å². The largest absolute Gasteiger partial charge is 0.269 e. The molecule has 3 aromatic rings. The van der Waals surface area contributed by atoms with Crippen LogP contribution in [-0.2, 0) is 5.41 Å². The lowest BCUT2D eigenvalue weighted by molar-refractivity contribution is 0.590. The topological polar surface area (TPSA) is 30.7 Å². The Balaban J connectivity index is 2.09. The van der Waals surface area contributed by atoms with E-state index in [0.717, 1.165) is 21.5 Å². The lowest BCUT2D eigenvalue weighted by atomic mass is 9.87. The van der Waals surface area contributed by atoms with Gasteiger partial charge in [0.25, 0.3) is 0 Å². The minimum atomic E-state index is 0.157. The third kappa shape index (κ3) is 2.83. The van der Waals surface area contributed by atoms with Crippen LogP contribution < -0.4 is 0 Å². The van der Waals surface area contributed by atoms with Gasteiger partial charge in [0.1, 0.15) is 0 Å². The van der Waals surface area contributed by atoms with E-state index < -0.39 is 0 Å². The summed E-state index contributed by atoms with van der Waals surface area (Å²) in [5, 5.41) is 11.7. The maximum absolute atomic E-state index is 4.38. The molecule has 0 saturated heterocycles. The fraction of sp³-hybridized carbons (Fsp3) is 0.294. The van der Waals surface area contributed by atoms with Crippen LogP contribution in [0.3, 0.4) is 0 Å². The Hall–Kier alpha value is -1.59. The summed E-state index contributed by atoms with van der Waals surface area (Å²) in [6, 6.07) is 12.8. The minimum Gasteiger partial charge on any atom is -0.269 e. The van der Waals surface area contributed by atoms with E-state index >= 15 is 0 Å². The third-order valence-corrected chi connectivity index (χ3v) is 5.04. The zero-order chi connectivity index (χ0) is 15.7. The van der Waals surface area contributed by atoms with Crippen LogP contribution in [-0.4, -0.2) is 21.0 Å². The van der Waals surface area contributed by atoms with Gasteiger partial charge in [-0.2, -0.15) is 0 Å². The predicted octanol–water partition coefficient (Wildman–Crippen LogP) is 5.02. The van der Waals surface area contributed by atoms with Crippen molar-refractivity contribution in [2.24, 2.45) is 0 Å². The van der Waals surface area contributed by atoms with Gasteiger partial charge in [-0.25, -0.2) is 0 Å². The van der Waals surface area contributed by atoms with Crippen LogP contribution in [0.5, 0.6) is 0 Å². The van der Waals surface area contributed by atoms with Crippen molar-refractivity contribution in [2.75, 3.05) is 6.26 Å². The van der Waals surface area contributed by atoms with E-state index in [1.54, 1.807) is 23.1 Å². The van der Waals surface area contributed by atoms with Crippen LogP contribution in [0.25, 0.3) is 16.4 Å². The molecule has 22 heavy (non-hydrogen) atoms. The summed E-state index contributed by atoms with van der Waals surface area (Å²) in [4.78, 5) is 1.13. The number of thiophene rings is 1. The Morgan fingerprint density at radius 2 is 1.77 bits per heavy atom. The summed E-state index contributed by atoms with van der Waals surface area (Å²) in [5.74, 6) is 0.905. The molecule has 2 heterocycles. The van der Waals surface area contributed by atoms with Gasteiger partial charge in [-0.1, -0.05) is 50.7 Å². The van der Waals surface area contributed by atoms with Crippen LogP contribution >= 0.6 is 23.1 Å². The van der Waals surface area contributed by atoms with Crippen LogP contribution in [0.4, 0.5) is 0 Å². The molecule has 0 aliphatic carbocycles. The Kier molecular flexibility index (Phi) is 4.10. The summed E-state index contributed by atoms with van der Waals surface area (Å²) in [6.07, 6.45) is 2.03. The molecule has 0 saturated carbocycles. The molecular weight excluding hydrogens is 310 g/mol. The monoisotopic (exact) mass is 329 g/mol. The second-order valence-corrected chi connectivity index (χ2v) is 7.84. The van der Waals surface area contributed by atoms with Crippen molar-refractivity contribution < 1.29 is 0 Å². The van der Waals surface area contributed by atoms with Gasteiger partial charge >= 0.3 is 0 Å². The highest BCUT2D eigenvalue weighted by molar-refractivity contribution is 7.98. The molecule has 0 radical (unpaired) electrons. The average molecular weight is 329 g/mol. The van der Waals surface area contributed by atoms with E-state index in [0.29, 0.717) is 0 Å². The van der Waals surface area contributed by atoms with Gasteiger partial charge in [-0.3, -0.25) is 4.57 Å². The highest BCUT2D eigenvalue weighted by Gasteiger charge is 2.17. The summed E-state index contributed by atoms with van der Waals surface area (Å²) < 4.78 is 2.13. The summed E-state index contributed by atoms with van der Waals surface area (Å²) >= 11 is 3.30. The molecule has 0 N–H and O–H groups in total. The Morgan fingerprint density at radius 1 is 1.05 bits per heavy atom. The van der Waals surface area contributed by atoms with Crippen LogP contribution in [0.2, 0.25) is 0 Å². The maximum atomic E-state index is 4.38. The first-order valence-electron chi connectivity index (χ1n) is 7.15. The van der Waals surface area contributed by atoms with E-state index in [4.69, 9.17) is 0 Å². The number of benzene rings is 1. The standard InChI is InChI=1S/C17H19N3S2/c1-17(2,3)12-7-9-13(10-8-12)20-15(14-6-5-11-22-14)18-19-16(20)21-4/h5-11H,1-4H3.